The Hall–Kier alpha value is -2.44. The van der Waals surface area contributed by atoms with Gasteiger partial charge in [-0.3, -0.25) is 0 Å². The molecule has 7 heteroatoms. The zero-order valence-electron chi connectivity index (χ0n) is 16.2. The summed E-state index contributed by atoms with van der Waals surface area (Å²) in [4.78, 5) is 14.4. The SMILES string of the molecule is CN(C)CC(NC(=O)NCCc1cc(Cl)c2c(c1)OCCO2)c1ccccc1. The third-order valence-corrected chi connectivity index (χ3v) is 4.69. The molecule has 3 rings (SSSR count). The summed E-state index contributed by atoms with van der Waals surface area (Å²) in [5.74, 6) is 1.25. The van der Waals surface area contributed by atoms with E-state index in [0.717, 1.165) is 17.7 Å². The van der Waals surface area contributed by atoms with Gasteiger partial charge in [0.15, 0.2) is 11.5 Å². The van der Waals surface area contributed by atoms with E-state index in [9.17, 15) is 4.79 Å². The van der Waals surface area contributed by atoms with Crippen molar-refractivity contribution >= 4 is 17.6 Å². The van der Waals surface area contributed by atoms with Gasteiger partial charge in [0.1, 0.15) is 13.2 Å². The van der Waals surface area contributed by atoms with Crippen molar-refractivity contribution in [2.24, 2.45) is 0 Å². The lowest BCUT2D eigenvalue weighted by molar-refractivity contribution is 0.171. The first-order valence-corrected chi connectivity index (χ1v) is 9.73. The summed E-state index contributed by atoms with van der Waals surface area (Å²) in [6.07, 6.45) is 0.646. The number of urea groups is 1. The van der Waals surface area contributed by atoms with E-state index in [1.54, 1.807) is 0 Å². The minimum Gasteiger partial charge on any atom is -0.486 e. The normalized spacial score (nSPS) is 13.9. The summed E-state index contributed by atoms with van der Waals surface area (Å²) in [5.41, 5.74) is 2.06. The lowest BCUT2D eigenvalue weighted by Gasteiger charge is -2.23. The Morgan fingerprint density at radius 1 is 1.18 bits per heavy atom. The average molecular weight is 404 g/mol. The van der Waals surface area contributed by atoms with E-state index in [-0.39, 0.29) is 12.1 Å². The minimum absolute atomic E-state index is 0.0834. The van der Waals surface area contributed by atoms with E-state index in [1.165, 1.54) is 0 Å². The standard InChI is InChI=1S/C21H26ClN3O3/c1-25(2)14-18(16-6-4-3-5-7-16)24-21(26)23-9-8-15-12-17(22)20-19(13-15)27-10-11-28-20/h3-7,12-13,18H,8-11,14H2,1-2H3,(H2,23,24,26). The van der Waals surface area contributed by atoms with E-state index < -0.39 is 0 Å². The van der Waals surface area contributed by atoms with Crippen molar-refractivity contribution in [3.63, 3.8) is 0 Å². The highest BCUT2D eigenvalue weighted by molar-refractivity contribution is 6.32. The Morgan fingerprint density at radius 3 is 2.68 bits per heavy atom. The predicted octanol–water partition coefficient (Wildman–Crippen LogP) is 3.26. The molecule has 2 aromatic rings. The summed E-state index contributed by atoms with van der Waals surface area (Å²) in [6.45, 7) is 2.23. The number of carbonyl (C=O) groups excluding carboxylic acids is 1. The van der Waals surface area contributed by atoms with Crippen LogP contribution in [0.3, 0.4) is 0 Å². The van der Waals surface area contributed by atoms with E-state index in [0.29, 0.717) is 42.7 Å². The lowest BCUT2D eigenvalue weighted by Crippen LogP contribution is -2.42. The minimum atomic E-state index is -0.195. The molecule has 0 spiro atoms. The van der Waals surface area contributed by atoms with Gasteiger partial charge in [-0.2, -0.15) is 0 Å². The third-order valence-electron chi connectivity index (χ3n) is 4.41. The number of likely N-dealkylation sites (N-methyl/N-ethyl adjacent to an activating group) is 1. The number of carbonyl (C=O) groups is 1. The number of nitrogens with one attached hydrogen (secondary N) is 2. The molecule has 1 aliphatic rings. The number of benzene rings is 2. The molecule has 150 valence electrons. The molecule has 0 bridgehead atoms. The third kappa shape index (κ3) is 5.53. The number of hydrogen-bond acceptors (Lipinski definition) is 4. The van der Waals surface area contributed by atoms with Gasteiger partial charge in [0.2, 0.25) is 0 Å². The van der Waals surface area contributed by atoms with Crippen LogP contribution in [0.5, 0.6) is 11.5 Å². The lowest BCUT2D eigenvalue weighted by atomic mass is 10.1. The van der Waals surface area contributed by atoms with Crippen LogP contribution < -0.4 is 20.1 Å². The molecule has 0 saturated heterocycles. The Kier molecular flexibility index (Phi) is 7.01. The van der Waals surface area contributed by atoms with Crippen LogP contribution in [-0.2, 0) is 6.42 Å². The number of rotatable bonds is 7. The number of amides is 2. The van der Waals surface area contributed by atoms with Crippen molar-refractivity contribution in [1.82, 2.24) is 15.5 Å². The summed E-state index contributed by atoms with van der Waals surface area (Å²) < 4.78 is 11.1. The Morgan fingerprint density at radius 2 is 1.93 bits per heavy atom. The van der Waals surface area contributed by atoms with Gasteiger partial charge in [-0.05, 0) is 43.8 Å². The zero-order valence-corrected chi connectivity index (χ0v) is 17.0. The molecule has 0 aromatic heterocycles. The van der Waals surface area contributed by atoms with Crippen molar-refractivity contribution in [1.29, 1.82) is 0 Å². The van der Waals surface area contributed by atoms with Gasteiger partial charge in [-0.25, -0.2) is 4.79 Å². The molecule has 0 saturated carbocycles. The first-order valence-electron chi connectivity index (χ1n) is 9.35. The van der Waals surface area contributed by atoms with Crippen LogP contribution in [0, 0.1) is 0 Å². The monoisotopic (exact) mass is 403 g/mol. The van der Waals surface area contributed by atoms with Gasteiger partial charge in [0.25, 0.3) is 0 Å². The Balaban J connectivity index is 1.54. The van der Waals surface area contributed by atoms with Crippen molar-refractivity contribution in [3.8, 4) is 11.5 Å². The summed E-state index contributed by atoms with van der Waals surface area (Å²) in [5, 5.41) is 6.50. The maximum absolute atomic E-state index is 12.4. The number of fused-ring (bicyclic) bond motifs is 1. The van der Waals surface area contributed by atoms with Crippen molar-refractivity contribution < 1.29 is 14.3 Å². The molecule has 1 unspecified atom stereocenters. The van der Waals surface area contributed by atoms with E-state index >= 15 is 0 Å². The Bertz CT molecular complexity index is 799. The predicted molar refractivity (Wildman–Crippen MR) is 110 cm³/mol. The summed E-state index contributed by atoms with van der Waals surface area (Å²) in [6, 6.07) is 13.4. The maximum atomic E-state index is 12.4. The van der Waals surface area contributed by atoms with Crippen molar-refractivity contribution in [2.75, 3.05) is 40.4 Å². The molecular formula is C21H26ClN3O3. The number of hydrogen-bond donors (Lipinski definition) is 2. The molecule has 1 heterocycles. The van der Waals surface area contributed by atoms with Crippen LogP contribution >= 0.6 is 11.6 Å². The molecule has 2 aromatic carbocycles. The highest BCUT2D eigenvalue weighted by atomic mass is 35.5. The van der Waals surface area contributed by atoms with Crippen LogP contribution in [0.2, 0.25) is 5.02 Å². The number of nitrogens with zero attached hydrogens (tertiary/aromatic N) is 1. The molecular weight excluding hydrogens is 378 g/mol. The molecule has 2 N–H and O–H groups in total. The van der Waals surface area contributed by atoms with Crippen LogP contribution in [-0.4, -0.2) is 51.3 Å². The van der Waals surface area contributed by atoms with Crippen molar-refractivity contribution in [2.45, 2.75) is 12.5 Å². The molecule has 1 atom stereocenters. The molecule has 6 nitrogen and oxygen atoms in total. The van der Waals surface area contributed by atoms with Crippen LogP contribution in [0.4, 0.5) is 4.79 Å². The van der Waals surface area contributed by atoms with Gasteiger partial charge in [0, 0.05) is 13.1 Å². The van der Waals surface area contributed by atoms with Gasteiger partial charge in [-0.15, -0.1) is 0 Å². The van der Waals surface area contributed by atoms with E-state index in [1.807, 2.05) is 56.6 Å². The first kappa shape index (κ1) is 20.3. The number of ether oxygens (including phenoxy) is 2. The van der Waals surface area contributed by atoms with Gasteiger partial charge in [0.05, 0.1) is 11.1 Å². The Labute approximate surface area is 170 Å². The molecule has 28 heavy (non-hydrogen) atoms. The summed E-state index contributed by atoms with van der Waals surface area (Å²) in [7, 11) is 3.97. The van der Waals surface area contributed by atoms with Crippen molar-refractivity contribution in [3.05, 3.63) is 58.6 Å². The second kappa shape index (κ2) is 9.66. The maximum Gasteiger partial charge on any atom is 0.315 e. The fourth-order valence-corrected chi connectivity index (χ4v) is 3.41. The molecule has 0 aliphatic carbocycles. The fraction of sp³-hybridized carbons (Fsp3) is 0.381. The number of halogens is 1. The smallest absolute Gasteiger partial charge is 0.315 e. The van der Waals surface area contributed by atoms with E-state index in [4.69, 9.17) is 21.1 Å². The fourth-order valence-electron chi connectivity index (χ4n) is 3.12. The zero-order chi connectivity index (χ0) is 19.9. The molecule has 2 amide bonds. The highest BCUT2D eigenvalue weighted by Crippen LogP contribution is 2.38. The molecule has 0 fully saturated rings. The quantitative estimate of drug-likeness (QED) is 0.744. The second-order valence-corrected chi connectivity index (χ2v) is 7.38. The van der Waals surface area contributed by atoms with Crippen LogP contribution in [0.1, 0.15) is 17.2 Å². The topological polar surface area (TPSA) is 62.8 Å². The summed E-state index contributed by atoms with van der Waals surface area (Å²) >= 11 is 6.26. The highest BCUT2D eigenvalue weighted by Gasteiger charge is 2.17. The molecule has 1 aliphatic heterocycles. The average Bonchev–Trinajstić information content (AvgIpc) is 2.68. The van der Waals surface area contributed by atoms with Crippen LogP contribution in [0.25, 0.3) is 0 Å². The van der Waals surface area contributed by atoms with Gasteiger partial charge >= 0.3 is 6.03 Å². The second-order valence-electron chi connectivity index (χ2n) is 6.98. The van der Waals surface area contributed by atoms with E-state index in [2.05, 4.69) is 15.5 Å². The first-order chi connectivity index (χ1) is 13.5. The largest absolute Gasteiger partial charge is 0.486 e. The van der Waals surface area contributed by atoms with Gasteiger partial charge < -0.3 is 25.0 Å². The molecule has 0 radical (unpaired) electrons. The van der Waals surface area contributed by atoms with Crippen LogP contribution in [0.15, 0.2) is 42.5 Å². The van der Waals surface area contributed by atoms with Gasteiger partial charge in [-0.1, -0.05) is 41.9 Å².